The Bertz CT molecular complexity index is 576. The molecule has 16 heavy (non-hydrogen) atoms. The number of hydrogen-bond donors (Lipinski definition) is 0. The molecule has 0 saturated carbocycles. The Hall–Kier alpha value is -1.41. The Morgan fingerprint density at radius 1 is 1.12 bits per heavy atom. The predicted molar refractivity (Wildman–Crippen MR) is 64.6 cm³/mol. The van der Waals surface area contributed by atoms with E-state index in [4.69, 9.17) is 11.6 Å². The van der Waals surface area contributed by atoms with Gasteiger partial charge in [-0.25, -0.2) is 9.97 Å². The average Bonchev–Trinajstić information content (AvgIpc) is 2.51. The zero-order valence-electron chi connectivity index (χ0n) is 9.16. The van der Waals surface area contributed by atoms with Gasteiger partial charge in [-0.05, 0) is 11.1 Å². The number of nitrogens with zero attached hydrogens (tertiary/aromatic N) is 2. The fourth-order valence-corrected chi connectivity index (χ4v) is 2.69. The van der Waals surface area contributed by atoms with E-state index in [9.17, 15) is 0 Å². The minimum absolute atomic E-state index is 0.0848. The van der Waals surface area contributed by atoms with Crippen LogP contribution in [-0.2, 0) is 5.41 Å². The lowest BCUT2D eigenvalue weighted by molar-refractivity contribution is 0.635. The van der Waals surface area contributed by atoms with Crippen molar-refractivity contribution in [3.05, 3.63) is 47.0 Å². The second-order valence-electron chi connectivity index (χ2n) is 4.56. The summed E-state index contributed by atoms with van der Waals surface area (Å²) in [7, 11) is 0. The second kappa shape index (κ2) is 3.05. The van der Waals surface area contributed by atoms with Gasteiger partial charge in [0.05, 0.1) is 5.69 Å². The number of rotatable bonds is 0. The average molecular weight is 231 g/mol. The molecule has 0 fully saturated rings. The van der Waals surface area contributed by atoms with Crippen molar-refractivity contribution in [1.82, 2.24) is 9.97 Å². The molecule has 1 aromatic heterocycles. The Balaban J connectivity index is 2.45. The van der Waals surface area contributed by atoms with E-state index in [-0.39, 0.29) is 5.41 Å². The number of benzene rings is 1. The number of halogens is 1. The van der Waals surface area contributed by atoms with E-state index in [0.29, 0.717) is 5.15 Å². The van der Waals surface area contributed by atoms with Crippen LogP contribution in [0.3, 0.4) is 0 Å². The third kappa shape index (κ3) is 1.08. The summed E-state index contributed by atoms with van der Waals surface area (Å²) < 4.78 is 0. The van der Waals surface area contributed by atoms with Gasteiger partial charge in [0, 0.05) is 11.0 Å². The summed E-state index contributed by atoms with van der Waals surface area (Å²) in [4.78, 5) is 8.46. The van der Waals surface area contributed by atoms with Crippen molar-refractivity contribution in [3.8, 4) is 11.1 Å². The maximum Gasteiger partial charge on any atom is 0.140 e. The van der Waals surface area contributed by atoms with Crippen LogP contribution in [0.25, 0.3) is 11.1 Å². The van der Waals surface area contributed by atoms with Crippen molar-refractivity contribution in [2.45, 2.75) is 19.3 Å². The van der Waals surface area contributed by atoms with Crippen LogP contribution in [-0.4, -0.2) is 9.97 Å². The highest BCUT2D eigenvalue weighted by molar-refractivity contribution is 6.32. The third-order valence-corrected chi connectivity index (χ3v) is 3.55. The van der Waals surface area contributed by atoms with Gasteiger partial charge in [0.25, 0.3) is 0 Å². The maximum atomic E-state index is 6.17. The molecule has 0 amide bonds. The first-order chi connectivity index (χ1) is 7.62. The van der Waals surface area contributed by atoms with E-state index in [1.807, 2.05) is 12.1 Å². The predicted octanol–water partition coefficient (Wildman–Crippen LogP) is 3.44. The second-order valence-corrected chi connectivity index (χ2v) is 4.92. The molecule has 0 N–H and O–H groups in total. The zero-order chi connectivity index (χ0) is 11.3. The van der Waals surface area contributed by atoms with Crippen LogP contribution in [0.4, 0.5) is 0 Å². The first-order valence-electron chi connectivity index (χ1n) is 5.23. The summed E-state index contributed by atoms with van der Waals surface area (Å²) >= 11 is 6.17. The van der Waals surface area contributed by atoms with Crippen molar-refractivity contribution in [2.24, 2.45) is 0 Å². The fourth-order valence-electron chi connectivity index (χ4n) is 2.45. The largest absolute Gasteiger partial charge is 0.240 e. The molecule has 0 unspecified atom stereocenters. The van der Waals surface area contributed by atoms with Crippen LogP contribution >= 0.6 is 11.6 Å². The van der Waals surface area contributed by atoms with Crippen molar-refractivity contribution < 1.29 is 0 Å². The van der Waals surface area contributed by atoms with E-state index in [1.54, 1.807) is 0 Å². The van der Waals surface area contributed by atoms with Crippen molar-refractivity contribution >= 4 is 11.6 Å². The number of fused-ring (bicyclic) bond motifs is 3. The molecule has 3 rings (SSSR count). The zero-order valence-corrected chi connectivity index (χ0v) is 9.92. The van der Waals surface area contributed by atoms with E-state index >= 15 is 0 Å². The van der Waals surface area contributed by atoms with E-state index in [1.165, 1.54) is 11.9 Å². The van der Waals surface area contributed by atoms with Gasteiger partial charge in [-0.3, -0.25) is 0 Å². The third-order valence-electron chi connectivity index (χ3n) is 3.26. The molecule has 0 atom stereocenters. The highest BCUT2D eigenvalue weighted by atomic mass is 35.5. The molecule has 0 aliphatic heterocycles. The smallest absolute Gasteiger partial charge is 0.140 e. The highest BCUT2D eigenvalue weighted by Crippen LogP contribution is 2.49. The van der Waals surface area contributed by atoms with Crippen molar-refractivity contribution in [1.29, 1.82) is 0 Å². The summed E-state index contributed by atoms with van der Waals surface area (Å²) in [5, 5.41) is 0.544. The first-order valence-corrected chi connectivity index (χ1v) is 5.61. The summed E-state index contributed by atoms with van der Waals surface area (Å²) in [6.45, 7) is 4.34. The summed E-state index contributed by atoms with van der Waals surface area (Å²) in [5.41, 5.74) is 4.36. The Labute approximate surface area is 99.3 Å². The molecule has 1 aliphatic rings. The van der Waals surface area contributed by atoms with Crippen LogP contribution in [0.2, 0.25) is 5.15 Å². The molecule has 1 heterocycles. The fraction of sp³-hybridized carbons (Fsp3) is 0.231. The number of aromatic nitrogens is 2. The molecule has 1 aliphatic carbocycles. The minimum Gasteiger partial charge on any atom is -0.240 e. The van der Waals surface area contributed by atoms with Crippen molar-refractivity contribution in [3.63, 3.8) is 0 Å². The van der Waals surface area contributed by atoms with Gasteiger partial charge in [-0.1, -0.05) is 49.7 Å². The summed E-state index contributed by atoms with van der Waals surface area (Å²) in [6, 6.07) is 8.28. The number of hydrogen-bond acceptors (Lipinski definition) is 2. The van der Waals surface area contributed by atoms with Gasteiger partial charge in [-0.2, -0.15) is 0 Å². The summed E-state index contributed by atoms with van der Waals surface area (Å²) in [5.74, 6) is 0. The van der Waals surface area contributed by atoms with Gasteiger partial charge in [-0.15, -0.1) is 0 Å². The Morgan fingerprint density at radius 3 is 2.69 bits per heavy atom. The molecule has 80 valence electrons. The minimum atomic E-state index is -0.0848. The highest BCUT2D eigenvalue weighted by Gasteiger charge is 2.38. The lowest BCUT2D eigenvalue weighted by atomic mass is 9.85. The van der Waals surface area contributed by atoms with E-state index in [2.05, 4.69) is 35.9 Å². The topological polar surface area (TPSA) is 25.8 Å². The molecule has 0 bridgehead atoms. The maximum absolute atomic E-state index is 6.17. The van der Waals surface area contributed by atoms with Gasteiger partial charge >= 0.3 is 0 Å². The molecule has 2 aromatic rings. The molecule has 0 saturated heterocycles. The van der Waals surface area contributed by atoms with E-state index < -0.39 is 0 Å². The molecular formula is C13H11ClN2. The SMILES string of the molecule is CC1(C)c2ccccc2-c2c(Cl)ncnc21. The molecule has 0 spiro atoms. The lowest BCUT2D eigenvalue weighted by Gasteiger charge is -2.19. The molecule has 2 nitrogen and oxygen atoms in total. The van der Waals surface area contributed by atoms with E-state index in [0.717, 1.165) is 16.8 Å². The van der Waals surface area contributed by atoms with Crippen LogP contribution in [0.15, 0.2) is 30.6 Å². The van der Waals surface area contributed by atoms with Gasteiger partial charge < -0.3 is 0 Å². The van der Waals surface area contributed by atoms with Gasteiger partial charge in [0.15, 0.2) is 0 Å². The molecule has 0 radical (unpaired) electrons. The van der Waals surface area contributed by atoms with Crippen LogP contribution in [0.5, 0.6) is 0 Å². The van der Waals surface area contributed by atoms with Crippen LogP contribution < -0.4 is 0 Å². The molecule has 3 heteroatoms. The lowest BCUT2D eigenvalue weighted by Crippen LogP contribution is -2.16. The normalized spacial score (nSPS) is 15.7. The standard InChI is InChI=1S/C13H11ClN2/c1-13(2)9-6-4-3-5-8(9)10-11(13)15-7-16-12(10)14/h3-7H,1-2H3. The van der Waals surface area contributed by atoms with Gasteiger partial charge in [0.1, 0.15) is 11.5 Å². The first kappa shape index (κ1) is 9.79. The van der Waals surface area contributed by atoms with Crippen LogP contribution in [0.1, 0.15) is 25.1 Å². The summed E-state index contributed by atoms with van der Waals surface area (Å²) in [6.07, 6.45) is 1.54. The van der Waals surface area contributed by atoms with Crippen molar-refractivity contribution in [2.75, 3.05) is 0 Å². The van der Waals surface area contributed by atoms with Gasteiger partial charge in [0.2, 0.25) is 0 Å². The van der Waals surface area contributed by atoms with Crippen LogP contribution in [0, 0.1) is 0 Å². The Morgan fingerprint density at radius 2 is 1.88 bits per heavy atom. The Kier molecular flexibility index (Phi) is 1.86. The monoisotopic (exact) mass is 230 g/mol. The quantitative estimate of drug-likeness (QED) is 0.648. The molecular weight excluding hydrogens is 220 g/mol. The molecule has 1 aromatic carbocycles.